The molecule has 0 saturated heterocycles. The van der Waals surface area contributed by atoms with Crippen LogP contribution in [0.1, 0.15) is 27.9 Å². The number of hydrogen-bond donors (Lipinski definition) is 1. The Balaban J connectivity index is 1.47. The maximum atomic E-state index is 12.0. The van der Waals surface area contributed by atoms with E-state index in [0.29, 0.717) is 5.56 Å². The molecule has 0 saturated carbocycles. The monoisotopic (exact) mass is 322 g/mol. The molecule has 0 aromatic heterocycles. The Morgan fingerprint density at radius 3 is 2.54 bits per heavy atom. The summed E-state index contributed by atoms with van der Waals surface area (Å²) in [5.74, 6) is -0.359. The third-order valence-electron chi connectivity index (χ3n) is 4.10. The maximum absolute atomic E-state index is 12.0. The fraction of sp³-hybridized carbons (Fsp3) is 0.250. The molecule has 24 heavy (non-hydrogen) atoms. The zero-order valence-corrected chi connectivity index (χ0v) is 13.9. The van der Waals surface area contributed by atoms with Gasteiger partial charge in [-0.25, -0.2) is 10.3 Å². The Kier molecular flexibility index (Phi) is 5.29. The van der Waals surface area contributed by atoms with Gasteiger partial charge < -0.3 is 4.84 Å². The van der Waals surface area contributed by atoms with Gasteiger partial charge in [-0.05, 0) is 30.7 Å². The van der Waals surface area contributed by atoms with Gasteiger partial charge in [0.25, 0.3) is 0 Å². The normalized spacial score (nSPS) is 14.8. The zero-order valence-electron chi connectivity index (χ0n) is 13.9. The summed E-state index contributed by atoms with van der Waals surface area (Å²) >= 11 is 0. The van der Waals surface area contributed by atoms with Crippen molar-refractivity contribution in [2.75, 3.05) is 13.1 Å². The number of hydrogen-bond acceptors (Lipinski definition) is 4. The van der Waals surface area contributed by atoms with Crippen LogP contribution in [0, 0.1) is 6.92 Å². The molecule has 0 fully saturated rings. The van der Waals surface area contributed by atoms with Crippen molar-refractivity contribution in [3.05, 3.63) is 83.1 Å². The molecule has 1 aliphatic rings. The van der Waals surface area contributed by atoms with Crippen LogP contribution < -0.4 is 5.48 Å². The second-order valence-corrected chi connectivity index (χ2v) is 6.06. The number of carbonyl (C=O) groups is 1. The van der Waals surface area contributed by atoms with Crippen LogP contribution in [0.2, 0.25) is 0 Å². The molecule has 0 unspecified atom stereocenters. The van der Waals surface area contributed by atoms with E-state index in [2.05, 4.69) is 40.7 Å². The summed E-state index contributed by atoms with van der Waals surface area (Å²) in [6.07, 6.45) is 2.92. The number of carbonyl (C=O) groups excluding carboxylic acids is 1. The van der Waals surface area contributed by atoms with E-state index in [4.69, 9.17) is 4.84 Å². The zero-order chi connectivity index (χ0) is 16.8. The Hall–Kier alpha value is -2.59. The maximum Gasteiger partial charge on any atom is 0.362 e. The third kappa shape index (κ3) is 4.46. The van der Waals surface area contributed by atoms with E-state index in [1.54, 1.807) is 12.1 Å². The number of rotatable bonds is 5. The van der Waals surface area contributed by atoms with Gasteiger partial charge >= 0.3 is 5.97 Å². The van der Waals surface area contributed by atoms with Crippen molar-refractivity contribution < 1.29 is 9.63 Å². The molecule has 4 heteroatoms. The summed E-state index contributed by atoms with van der Waals surface area (Å²) in [6, 6.07) is 17.8. The lowest BCUT2D eigenvalue weighted by Gasteiger charge is -2.26. The van der Waals surface area contributed by atoms with Crippen molar-refractivity contribution >= 4 is 5.97 Å². The molecule has 0 bridgehead atoms. The average Bonchev–Trinajstić information content (AvgIpc) is 2.62. The lowest BCUT2D eigenvalue weighted by atomic mass is 10.1. The summed E-state index contributed by atoms with van der Waals surface area (Å²) in [4.78, 5) is 19.5. The van der Waals surface area contributed by atoms with Crippen LogP contribution in [-0.2, 0) is 11.4 Å². The van der Waals surface area contributed by atoms with E-state index in [1.165, 1.54) is 5.56 Å². The van der Waals surface area contributed by atoms with Gasteiger partial charge in [0, 0.05) is 31.8 Å². The minimum Gasteiger partial charge on any atom is -0.338 e. The van der Waals surface area contributed by atoms with Crippen LogP contribution in [0.4, 0.5) is 0 Å². The van der Waals surface area contributed by atoms with Gasteiger partial charge in [-0.1, -0.05) is 48.0 Å². The highest BCUT2D eigenvalue weighted by molar-refractivity contribution is 5.89. The van der Waals surface area contributed by atoms with Crippen LogP contribution in [0.25, 0.3) is 0 Å². The van der Waals surface area contributed by atoms with Crippen molar-refractivity contribution in [1.82, 2.24) is 10.4 Å². The molecule has 1 N–H and O–H groups in total. The van der Waals surface area contributed by atoms with Gasteiger partial charge in [-0.2, -0.15) is 0 Å². The minimum atomic E-state index is -0.359. The number of aryl methyl sites for hydroxylation is 1. The van der Waals surface area contributed by atoms with Crippen LogP contribution in [0.15, 0.2) is 66.4 Å². The molecule has 0 aliphatic carbocycles. The van der Waals surface area contributed by atoms with E-state index in [1.807, 2.05) is 25.1 Å². The minimum absolute atomic E-state index is 0.359. The van der Waals surface area contributed by atoms with Gasteiger partial charge in [0.2, 0.25) is 0 Å². The summed E-state index contributed by atoms with van der Waals surface area (Å²) in [6.45, 7) is 4.71. The Bertz CT molecular complexity index is 708. The number of benzene rings is 2. The summed E-state index contributed by atoms with van der Waals surface area (Å²) < 4.78 is 0. The number of hydroxylamine groups is 1. The van der Waals surface area contributed by atoms with Gasteiger partial charge in [-0.15, -0.1) is 0 Å². The van der Waals surface area contributed by atoms with Crippen molar-refractivity contribution in [3.8, 4) is 0 Å². The Labute approximate surface area is 142 Å². The van der Waals surface area contributed by atoms with Crippen molar-refractivity contribution in [2.24, 2.45) is 0 Å². The van der Waals surface area contributed by atoms with Crippen LogP contribution in [0.5, 0.6) is 0 Å². The van der Waals surface area contributed by atoms with Crippen molar-refractivity contribution in [2.45, 2.75) is 19.9 Å². The van der Waals surface area contributed by atoms with E-state index in [0.717, 1.165) is 37.3 Å². The van der Waals surface area contributed by atoms with Crippen molar-refractivity contribution in [1.29, 1.82) is 0 Å². The summed E-state index contributed by atoms with van der Waals surface area (Å²) in [5.41, 5.74) is 6.74. The van der Waals surface area contributed by atoms with Crippen molar-refractivity contribution in [3.63, 3.8) is 0 Å². The quantitative estimate of drug-likeness (QED) is 0.856. The van der Waals surface area contributed by atoms with E-state index >= 15 is 0 Å². The highest BCUT2D eigenvalue weighted by Crippen LogP contribution is 2.12. The average molecular weight is 322 g/mol. The molecular formula is C20H22N2O2. The molecule has 4 nitrogen and oxygen atoms in total. The largest absolute Gasteiger partial charge is 0.362 e. The SMILES string of the molecule is Cc1ccc(C(=O)ONC2=CCN(Cc3ccccc3)CC2)cc1. The van der Waals surface area contributed by atoms with E-state index in [-0.39, 0.29) is 5.97 Å². The predicted octanol–water partition coefficient (Wildman–Crippen LogP) is 3.45. The number of nitrogens with one attached hydrogen (secondary N) is 1. The Morgan fingerprint density at radius 1 is 1.12 bits per heavy atom. The first-order valence-corrected chi connectivity index (χ1v) is 8.20. The predicted molar refractivity (Wildman–Crippen MR) is 94.1 cm³/mol. The lowest BCUT2D eigenvalue weighted by molar-refractivity contribution is 0.0308. The smallest absolute Gasteiger partial charge is 0.338 e. The van der Waals surface area contributed by atoms with Crippen LogP contribution in [-0.4, -0.2) is 24.0 Å². The molecule has 124 valence electrons. The molecule has 1 aliphatic heterocycles. The Morgan fingerprint density at radius 2 is 1.88 bits per heavy atom. The summed E-state index contributed by atoms with van der Waals surface area (Å²) in [7, 11) is 0. The lowest BCUT2D eigenvalue weighted by Crippen LogP contribution is -2.32. The van der Waals surface area contributed by atoms with Gasteiger partial charge in [0.15, 0.2) is 0 Å². The third-order valence-corrected chi connectivity index (χ3v) is 4.10. The fourth-order valence-electron chi connectivity index (χ4n) is 2.65. The fourth-order valence-corrected chi connectivity index (χ4v) is 2.65. The van der Waals surface area contributed by atoms with E-state index in [9.17, 15) is 4.79 Å². The van der Waals surface area contributed by atoms with Crippen LogP contribution >= 0.6 is 0 Å². The van der Waals surface area contributed by atoms with Crippen LogP contribution in [0.3, 0.4) is 0 Å². The van der Waals surface area contributed by atoms with E-state index < -0.39 is 0 Å². The second-order valence-electron chi connectivity index (χ2n) is 6.06. The molecule has 0 spiro atoms. The highest BCUT2D eigenvalue weighted by Gasteiger charge is 2.14. The standard InChI is InChI=1S/C20H22N2O2/c1-16-7-9-18(10-8-16)20(23)24-21-19-11-13-22(14-12-19)15-17-5-3-2-4-6-17/h2-11,21H,12-15H2,1H3. The first kappa shape index (κ1) is 16.3. The molecule has 0 radical (unpaired) electrons. The molecule has 2 aromatic rings. The molecule has 2 aromatic carbocycles. The van der Waals surface area contributed by atoms with Gasteiger partial charge in [0.05, 0.1) is 5.56 Å². The molecule has 1 heterocycles. The molecule has 0 amide bonds. The molecule has 3 rings (SSSR count). The topological polar surface area (TPSA) is 41.6 Å². The number of nitrogens with zero attached hydrogens (tertiary/aromatic N) is 1. The van der Waals surface area contributed by atoms with Gasteiger partial charge in [-0.3, -0.25) is 4.90 Å². The molecule has 0 atom stereocenters. The highest BCUT2D eigenvalue weighted by atomic mass is 16.7. The molecular weight excluding hydrogens is 300 g/mol. The first-order valence-electron chi connectivity index (χ1n) is 8.20. The summed E-state index contributed by atoms with van der Waals surface area (Å²) in [5, 5.41) is 0. The first-order chi connectivity index (χ1) is 11.7. The second kappa shape index (κ2) is 7.79. The van der Waals surface area contributed by atoms with Gasteiger partial charge in [0.1, 0.15) is 0 Å².